The van der Waals surface area contributed by atoms with Crippen molar-refractivity contribution in [3.63, 3.8) is 0 Å². The van der Waals surface area contributed by atoms with Crippen molar-refractivity contribution in [3.8, 4) is 6.07 Å². The van der Waals surface area contributed by atoms with Crippen LogP contribution in [0, 0.1) is 21.4 Å². The number of unbranched alkanes of at least 4 members (excludes halogenated alkanes) is 4. The Kier molecular flexibility index (Phi) is 13.7. The van der Waals surface area contributed by atoms with Crippen LogP contribution in [0.2, 0.25) is 0 Å². The first kappa shape index (κ1) is 19.0. The van der Waals surface area contributed by atoms with Crippen molar-refractivity contribution in [2.45, 2.75) is 45.4 Å². The average molecular weight is 272 g/mol. The first-order valence-electron chi connectivity index (χ1n) is 5.82. The Morgan fingerprint density at radius 1 is 1.32 bits per heavy atom. The van der Waals surface area contributed by atoms with Crippen LogP contribution < -0.4 is 11.5 Å². The Bertz CT molecular complexity index is 340. The summed E-state index contributed by atoms with van der Waals surface area (Å²) >= 11 is 0. The third-order valence-corrected chi connectivity index (χ3v) is 1.93. The minimum absolute atomic E-state index is 0.117. The molecular weight excluding hydrogens is 252 g/mol. The van der Waals surface area contributed by atoms with Gasteiger partial charge in [0.2, 0.25) is 5.96 Å². The van der Waals surface area contributed by atoms with E-state index < -0.39 is 5.09 Å². The van der Waals surface area contributed by atoms with Crippen molar-refractivity contribution in [1.29, 1.82) is 5.26 Å². The van der Waals surface area contributed by atoms with Crippen molar-refractivity contribution < 1.29 is 10.3 Å². The molecule has 9 heteroatoms. The molecule has 0 heterocycles. The van der Waals surface area contributed by atoms with E-state index in [1.54, 1.807) is 0 Å². The molecule has 9 nitrogen and oxygen atoms in total. The normalized spacial score (nSPS) is 9.79. The van der Waals surface area contributed by atoms with Crippen molar-refractivity contribution in [3.05, 3.63) is 10.1 Å². The average Bonchev–Trinajstić information content (AvgIpc) is 2.31. The van der Waals surface area contributed by atoms with Crippen LogP contribution in [0.3, 0.4) is 0 Å². The zero-order valence-electron chi connectivity index (χ0n) is 10.9. The van der Waals surface area contributed by atoms with Gasteiger partial charge < -0.3 is 16.7 Å². The summed E-state index contributed by atoms with van der Waals surface area (Å²) in [6.07, 6.45) is 6.40. The lowest BCUT2D eigenvalue weighted by atomic mass is 10.1. The molecule has 0 spiro atoms. The molecule has 0 aliphatic heterocycles. The second-order valence-corrected chi connectivity index (χ2v) is 3.59. The fraction of sp³-hybridized carbons (Fsp3) is 0.700. The molecule has 0 aromatic heterocycles. The van der Waals surface area contributed by atoms with Gasteiger partial charge >= 0.3 is 0 Å². The monoisotopic (exact) mass is 272 g/mol. The lowest BCUT2D eigenvalue weighted by Crippen LogP contribution is -2.22. The van der Waals surface area contributed by atoms with Gasteiger partial charge in [0.25, 0.3) is 5.09 Å². The summed E-state index contributed by atoms with van der Waals surface area (Å²) in [5, 5.41) is 29.5. The molecule has 0 aliphatic carbocycles. The zero-order valence-corrected chi connectivity index (χ0v) is 10.9. The molecule has 0 radical (unpaired) electrons. The van der Waals surface area contributed by atoms with E-state index in [1.165, 1.54) is 19.3 Å². The van der Waals surface area contributed by atoms with Crippen LogP contribution in [0.15, 0.2) is 10.2 Å². The predicted molar refractivity (Wildman–Crippen MR) is 71.0 cm³/mol. The minimum atomic E-state index is -1.50. The summed E-state index contributed by atoms with van der Waals surface area (Å²) in [5.74, 6) is -0.117. The molecule has 0 amide bonds. The highest BCUT2D eigenvalue weighted by atomic mass is 16.9. The molecule has 0 aromatic rings. The lowest BCUT2D eigenvalue weighted by molar-refractivity contribution is -0.742. The molecular formula is C10H20N6O3. The highest BCUT2D eigenvalue weighted by Crippen LogP contribution is 2.05. The molecule has 0 rings (SSSR count). The summed E-state index contributed by atoms with van der Waals surface area (Å²) < 4.78 is 0. The van der Waals surface area contributed by atoms with Gasteiger partial charge in [-0.1, -0.05) is 32.6 Å². The SMILES string of the molecule is CCCCCCC/C(C#N)=N/N=C(N)N.O=[N+]([O-])O. The van der Waals surface area contributed by atoms with Crippen molar-refractivity contribution in [2.24, 2.45) is 21.7 Å². The van der Waals surface area contributed by atoms with Crippen LogP contribution in [0.1, 0.15) is 45.4 Å². The number of rotatable bonds is 7. The fourth-order valence-electron chi connectivity index (χ4n) is 1.14. The lowest BCUT2D eigenvalue weighted by Gasteiger charge is -1.97. The topological polar surface area (TPSA) is 164 Å². The Hall–Kier alpha value is -2.37. The highest BCUT2D eigenvalue weighted by Gasteiger charge is 1.97. The van der Waals surface area contributed by atoms with Gasteiger partial charge in [-0.2, -0.15) is 5.26 Å². The van der Waals surface area contributed by atoms with E-state index in [2.05, 4.69) is 17.1 Å². The molecule has 0 aliphatic rings. The molecule has 0 fully saturated rings. The molecule has 19 heavy (non-hydrogen) atoms. The molecule has 108 valence electrons. The van der Waals surface area contributed by atoms with Crippen molar-refractivity contribution in [2.75, 3.05) is 0 Å². The van der Waals surface area contributed by atoms with Crippen LogP contribution in [0.25, 0.3) is 0 Å². The number of nitrogens with zero attached hydrogens (tertiary/aromatic N) is 4. The molecule has 0 atom stereocenters. The Morgan fingerprint density at radius 3 is 2.26 bits per heavy atom. The summed E-state index contributed by atoms with van der Waals surface area (Å²) in [6, 6.07) is 1.98. The number of nitriles is 1. The maximum atomic E-state index is 8.71. The smallest absolute Gasteiger partial charge is 0.291 e. The largest absolute Gasteiger partial charge is 0.369 e. The van der Waals surface area contributed by atoms with E-state index in [1.807, 2.05) is 6.07 Å². The number of hydrogen-bond acceptors (Lipinski definition) is 5. The van der Waals surface area contributed by atoms with Crippen LogP contribution in [0.5, 0.6) is 0 Å². The van der Waals surface area contributed by atoms with Crippen LogP contribution in [-0.2, 0) is 0 Å². The first-order chi connectivity index (χ1) is 8.93. The summed E-state index contributed by atoms with van der Waals surface area (Å²) in [6.45, 7) is 2.17. The van der Waals surface area contributed by atoms with E-state index in [9.17, 15) is 0 Å². The second-order valence-electron chi connectivity index (χ2n) is 3.59. The van der Waals surface area contributed by atoms with Crippen LogP contribution >= 0.6 is 0 Å². The zero-order chi connectivity index (χ0) is 15.1. The first-order valence-corrected chi connectivity index (χ1v) is 5.82. The van der Waals surface area contributed by atoms with Crippen molar-refractivity contribution in [1.82, 2.24) is 0 Å². The van der Waals surface area contributed by atoms with E-state index in [-0.39, 0.29) is 5.96 Å². The van der Waals surface area contributed by atoms with Gasteiger partial charge in [-0.05, 0) is 6.42 Å². The van der Waals surface area contributed by atoms with Gasteiger partial charge in [-0.3, -0.25) is 0 Å². The molecule has 0 saturated heterocycles. The van der Waals surface area contributed by atoms with E-state index >= 15 is 0 Å². The van der Waals surface area contributed by atoms with Gasteiger partial charge in [0.15, 0.2) is 0 Å². The second kappa shape index (κ2) is 13.7. The van der Waals surface area contributed by atoms with Crippen LogP contribution in [0.4, 0.5) is 0 Å². The van der Waals surface area contributed by atoms with Gasteiger partial charge in [0.1, 0.15) is 11.8 Å². The van der Waals surface area contributed by atoms with E-state index in [0.29, 0.717) is 12.1 Å². The molecule has 5 N–H and O–H groups in total. The number of guanidine groups is 1. The maximum absolute atomic E-state index is 8.71. The van der Waals surface area contributed by atoms with Crippen molar-refractivity contribution >= 4 is 11.7 Å². The minimum Gasteiger partial charge on any atom is -0.369 e. The molecule has 0 aromatic carbocycles. The third-order valence-electron chi connectivity index (χ3n) is 1.93. The fourth-order valence-corrected chi connectivity index (χ4v) is 1.14. The summed E-state index contributed by atoms with van der Waals surface area (Å²) in [7, 11) is 0. The predicted octanol–water partition coefficient (Wildman–Crippen LogP) is 1.15. The highest BCUT2D eigenvalue weighted by molar-refractivity contribution is 5.98. The van der Waals surface area contributed by atoms with Crippen LogP contribution in [-0.4, -0.2) is 22.0 Å². The number of nitrogens with two attached hydrogens (primary N) is 2. The van der Waals surface area contributed by atoms with Gasteiger partial charge in [-0.25, -0.2) is 0 Å². The van der Waals surface area contributed by atoms with E-state index in [4.69, 9.17) is 32.1 Å². The third kappa shape index (κ3) is 21.5. The van der Waals surface area contributed by atoms with Gasteiger partial charge in [0, 0.05) is 6.42 Å². The van der Waals surface area contributed by atoms with E-state index in [0.717, 1.165) is 12.8 Å². The Morgan fingerprint density at radius 2 is 1.84 bits per heavy atom. The van der Waals surface area contributed by atoms with Gasteiger partial charge in [0.05, 0.1) is 0 Å². The Labute approximate surface area is 111 Å². The maximum Gasteiger partial charge on any atom is 0.291 e. The number of hydrogen-bond donors (Lipinski definition) is 3. The summed E-state index contributed by atoms with van der Waals surface area (Å²) in [5.41, 5.74) is 10.6. The molecule has 0 unspecified atom stereocenters. The standard InChI is InChI=1S/C10H19N5.HNO3/c1-2-3-4-5-6-7-9(8-11)14-15-10(12)13;2-1(3)4/h2-7H2,1H3,(H4,12,13,15);(H,2,3,4)/b14-9-;. The Balaban J connectivity index is 0. The summed E-state index contributed by atoms with van der Waals surface area (Å²) in [4.78, 5) is 8.36. The quantitative estimate of drug-likeness (QED) is 0.207. The molecule has 0 bridgehead atoms. The van der Waals surface area contributed by atoms with Gasteiger partial charge in [-0.15, -0.1) is 20.3 Å². The molecule has 0 saturated carbocycles.